The Bertz CT molecular complexity index is 232. The van der Waals surface area contributed by atoms with Crippen LogP contribution >= 0.6 is 0 Å². The molecule has 0 radical (unpaired) electrons. The average Bonchev–Trinajstić information content (AvgIpc) is 2.29. The highest BCUT2D eigenvalue weighted by molar-refractivity contribution is 6.03. The molecule has 5 heteroatoms. The maximum Gasteiger partial charge on any atom is 0.327 e. The van der Waals surface area contributed by atoms with Crippen molar-refractivity contribution in [2.45, 2.75) is 32.4 Å². The Kier molecular flexibility index (Phi) is 3.10. The van der Waals surface area contributed by atoms with Crippen LogP contribution in [0.1, 0.15) is 20.3 Å². The zero-order valence-electron chi connectivity index (χ0n) is 8.73. The van der Waals surface area contributed by atoms with Gasteiger partial charge in [0.05, 0.1) is 6.10 Å². The smallest absolute Gasteiger partial charge is 0.327 e. The maximum absolute atomic E-state index is 11.5. The van der Waals surface area contributed by atoms with Gasteiger partial charge in [-0.15, -0.1) is 0 Å². The van der Waals surface area contributed by atoms with E-state index >= 15 is 0 Å². The Morgan fingerprint density at radius 1 is 1.50 bits per heavy atom. The highest BCUT2D eigenvalue weighted by atomic mass is 16.3. The first kappa shape index (κ1) is 11.0. The van der Waals surface area contributed by atoms with Crippen LogP contribution in [0.5, 0.6) is 0 Å². The summed E-state index contributed by atoms with van der Waals surface area (Å²) in [6.45, 7) is 3.63. The van der Waals surface area contributed by atoms with Gasteiger partial charge in [0.1, 0.15) is 6.04 Å². The molecular formula is C9H16N2O3. The fraction of sp³-hybridized carbons (Fsp3) is 0.778. The predicted molar refractivity (Wildman–Crippen MR) is 50.6 cm³/mol. The van der Waals surface area contributed by atoms with Gasteiger partial charge >= 0.3 is 6.03 Å². The number of aliphatic hydroxyl groups excluding tert-OH is 1. The van der Waals surface area contributed by atoms with Crippen LogP contribution in [0.3, 0.4) is 0 Å². The number of urea groups is 1. The summed E-state index contributed by atoms with van der Waals surface area (Å²) in [6.07, 6.45) is -0.0605. The van der Waals surface area contributed by atoms with Crippen molar-refractivity contribution >= 4 is 11.9 Å². The molecule has 1 N–H and O–H groups in total. The summed E-state index contributed by atoms with van der Waals surface area (Å²) >= 11 is 0. The summed E-state index contributed by atoms with van der Waals surface area (Å²) < 4.78 is 0. The van der Waals surface area contributed by atoms with Crippen LogP contribution in [0.15, 0.2) is 0 Å². The number of carbonyl (C=O) groups is 2. The Balaban J connectivity index is 2.61. The summed E-state index contributed by atoms with van der Waals surface area (Å²) in [6, 6.07) is -0.653. The van der Waals surface area contributed by atoms with E-state index in [0.29, 0.717) is 13.0 Å². The first-order valence-corrected chi connectivity index (χ1v) is 4.71. The molecule has 2 atom stereocenters. The van der Waals surface area contributed by atoms with Gasteiger partial charge in [0.15, 0.2) is 0 Å². The highest BCUT2D eigenvalue weighted by Crippen LogP contribution is 2.15. The molecule has 0 bridgehead atoms. The van der Waals surface area contributed by atoms with Crippen molar-refractivity contribution < 1.29 is 14.7 Å². The third-order valence-electron chi connectivity index (χ3n) is 2.51. The molecule has 0 spiro atoms. The van der Waals surface area contributed by atoms with Crippen LogP contribution in [-0.4, -0.2) is 52.6 Å². The van der Waals surface area contributed by atoms with Crippen LogP contribution in [0.2, 0.25) is 0 Å². The van der Waals surface area contributed by atoms with Crippen molar-refractivity contribution in [2.24, 2.45) is 0 Å². The van der Waals surface area contributed by atoms with E-state index in [1.54, 1.807) is 20.9 Å². The molecule has 5 nitrogen and oxygen atoms in total. The number of likely N-dealkylation sites (N-methyl/N-ethyl adjacent to an activating group) is 1. The van der Waals surface area contributed by atoms with Crippen LogP contribution in [0.25, 0.3) is 0 Å². The van der Waals surface area contributed by atoms with E-state index in [-0.39, 0.29) is 18.0 Å². The number of carbonyl (C=O) groups excluding carboxylic acids is 2. The molecule has 0 aliphatic carbocycles. The molecular weight excluding hydrogens is 184 g/mol. The molecule has 0 aromatic carbocycles. The summed E-state index contributed by atoms with van der Waals surface area (Å²) in [4.78, 5) is 25.6. The van der Waals surface area contributed by atoms with Gasteiger partial charge < -0.3 is 10.0 Å². The number of hydrogen-bond donors (Lipinski definition) is 1. The Hall–Kier alpha value is -1.10. The number of nitrogens with zero attached hydrogens (tertiary/aromatic N) is 2. The number of amides is 3. The first-order chi connectivity index (χ1) is 6.45. The van der Waals surface area contributed by atoms with Gasteiger partial charge in [-0.3, -0.25) is 9.69 Å². The Morgan fingerprint density at radius 3 is 2.43 bits per heavy atom. The van der Waals surface area contributed by atoms with Crippen molar-refractivity contribution in [2.75, 3.05) is 13.6 Å². The second kappa shape index (κ2) is 3.96. The first-order valence-electron chi connectivity index (χ1n) is 4.71. The topological polar surface area (TPSA) is 60.9 Å². The van der Waals surface area contributed by atoms with Gasteiger partial charge in [-0.25, -0.2) is 4.79 Å². The third-order valence-corrected chi connectivity index (χ3v) is 2.51. The molecule has 14 heavy (non-hydrogen) atoms. The summed E-state index contributed by atoms with van der Waals surface area (Å²) in [5.74, 6) is -0.182. The van der Waals surface area contributed by atoms with Crippen LogP contribution in [0, 0.1) is 0 Å². The van der Waals surface area contributed by atoms with Crippen molar-refractivity contribution in [3.05, 3.63) is 0 Å². The van der Waals surface area contributed by atoms with E-state index < -0.39 is 6.10 Å². The van der Waals surface area contributed by atoms with Gasteiger partial charge in [0, 0.05) is 13.6 Å². The predicted octanol–water partition coefficient (Wildman–Crippen LogP) is 0.0398. The lowest BCUT2D eigenvalue weighted by atomic mass is 10.2. The molecule has 1 rings (SSSR count). The molecule has 1 fully saturated rings. The van der Waals surface area contributed by atoms with Gasteiger partial charge in [-0.1, -0.05) is 0 Å². The number of imide groups is 1. The van der Waals surface area contributed by atoms with Crippen LogP contribution < -0.4 is 0 Å². The van der Waals surface area contributed by atoms with Crippen LogP contribution in [0.4, 0.5) is 4.79 Å². The monoisotopic (exact) mass is 200 g/mol. The minimum absolute atomic E-state index is 0.182. The standard InChI is InChI=1S/C9H16N2O3/c1-6(12)4-5-11-8(13)7(2)10(3)9(11)14/h6-7,12H,4-5H2,1-3H3. The normalized spacial score (nSPS) is 24.7. The second-order valence-corrected chi connectivity index (χ2v) is 3.70. The van der Waals surface area contributed by atoms with E-state index in [4.69, 9.17) is 5.11 Å². The number of rotatable bonds is 3. The highest BCUT2D eigenvalue weighted by Gasteiger charge is 2.39. The molecule has 2 unspecified atom stereocenters. The second-order valence-electron chi connectivity index (χ2n) is 3.70. The zero-order valence-corrected chi connectivity index (χ0v) is 8.73. The zero-order chi connectivity index (χ0) is 10.9. The van der Waals surface area contributed by atoms with E-state index in [2.05, 4.69) is 0 Å². The maximum atomic E-state index is 11.5. The van der Waals surface area contributed by atoms with Gasteiger partial charge in [-0.05, 0) is 20.3 Å². The fourth-order valence-electron chi connectivity index (χ4n) is 1.36. The minimum Gasteiger partial charge on any atom is -0.393 e. The molecule has 1 heterocycles. The SMILES string of the molecule is CC(O)CCN1C(=O)C(C)N(C)C1=O. The Labute approximate surface area is 83.3 Å². The fourth-order valence-corrected chi connectivity index (χ4v) is 1.36. The van der Waals surface area contributed by atoms with E-state index in [9.17, 15) is 9.59 Å². The third kappa shape index (κ3) is 1.87. The van der Waals surface area contributed by atoms with E-state index in [1.165, 1.54) is 9.80 Å². The van der Waals surface area contributed by atoms with Gasteiger partial charge in [0.25, 0.3) is 5.91 Å². The van der Waals surface area contributed by atoms with Gasteiger partial charge in [0.2, 0.25) is 0 Å². The average molecular weight is 200 g/mol. The van der Waals surface area contributed by atoms with E-state index in [0.717, 1.165) is 0 Å². The molecule has 3 amide bonds. The molecule has 0 aromatic rings. The van der Waals surface area contributed by atoms with Gasteiger partial charge in [-0.2, -0.15) is 0 Å². The largest absolute Gasteiger partial charge is 0.393 e. The molecule has 1 aliphatic rings. The number of hydrogen-bond acceptors (Lipinski definition) is 3. The molecule has 0 aromatic heterocycles. The minimum atomic E-state index is -0.489. The van der Waals surface area contributed by atoms with Crippen molar-refractivity contribution in [1.82, 2.24) is 9.80 Å². The lowest BCUT2D eigenvalue weighted by molar-refractivity contribution is -0.127. The van der Waals surface area contributed by atoms with Crippen LogP contribution in [-0.2, 0) is 4.79 Å². The lowest BCUT2D eigenvalue weighted by Crippen LogP contribution is -2.33. The molecule has 80 valence electrons. The molecule has 1 saturated heterocycles. The van der Waals surface area contributed by atoms with Crippen molar-refractivity contribution in [1.29, 1.82) is 0 Å². The lowest BCUT2D eigenvalue weighted by Gasteiger charge is -2.14. The summed E-state index contributed by atoms with van der Waals surface area (Å²) in [5.41, 5.74) is 0. The van der Waals surface area contributed by atoms with E-state index in [1.807, 2.05) is 0 Å². The summed E-state index contributed by atoms with van der Waals surface area (Å²) in [5, 5.41) is 9.05. The molecule has 0 saturated carbocycles. The van der Waals surface area contributed by atoms with Crippen molar-refractivity contribution in [3.8, 4) is 0 Å². The molecule has 1 aliphatic heterocycles. The quantitative estimate of drug-likeness (QED) is 0.654. The number of aliphatic hydroxyl groups is 1. The summed E-state index contributed by atoms with van der Waals surface area (Å²) in [7, 11) is 1.60. The Morgan fingerprint density at radius 2 is 2.07 bits per heavy atom. The van der Waals surface area contributed by atoms with Crippen molar-refractivity contribution in [3.63, 3.8) is 0 Å².